The van der Waals surface area contributed by atoms with Crippen molar-refractivity contribution in [2.24, 2.45) is 5.73 Å². The largest absolute Gasteiger partial charge is 0.329 e. The van der Waals surface area contributed by atoms with Gasteiger partial charge in [-0.25, -0.2) is 0 Å². The summed E-state index contributed by atoms with van der Waals surface area (Å²) < 4.78 is 1.15. The van der Waals surface area contributed by atoms with Crippen LogP contribution in [0.4, 0.5) is 0 Å². The van der Waals surface area contributed by atoms with Crippen molar-refractivity contribution in [1.29, 1.82) is 0 Å². The van der Waals surface area contributed by atoms with Crippen molar-refractivity contribution in [3.8, 4) is 0 Å². The maximum absolute atomic E-state index is 5.91. The fourth-order valence-electron chi connectivity index (χ4n) is 2.11. The van der Waals surface area contributed by atoms with E-state index in [1.54, 1.807) is 11.3 Å². The molecule has 4 heteroatoms. The molecule has 1 atom stereocenters. The second kappa shape index (κ2) is 6.93. The van der Waals surface area contributed by atoms with Crippen LogP contribution in [0.2, 0.25) is 0 Å². The predicted octanol–water partition coefficient (Wildman–Crippen LogP) is 5.06. The summed E-state index contributed by atoms with van der Waals surface area (Å²) in [7, 11) is 0. The summed E-state index contributed by atoms with van der Waals surface area (Å²) in [6.45, 7) is 4.98. The molecule has 2 aromatic rings. The van der Waals surface area contributed by atoms with Crippen LogP contribution in [0, 0.1) is 13.8 Å². The molecule has 0 bridgehead atoms. The Morgan fingerprint density at radius 3 is 2.42 bits per heavy atom. The number of thiophene rings is 1. The molecule has 1 nitrogen and oxygen atoms in total. The Hall–Kier alpha value is -0.290. The maximum Gasteiger partial charge on any atom is 0.0517 e. The topological polar surface area (TPSA) is 26.0 Å². The molecule has 0 saturated carbocycles. The van der Waals surface area contributed by atoms with E-state index in [0.29, 0.717) is 11.8 Å². The molecule has 1 aromatic heterocycles. The molecule has 0 fully saturated rings. The number of rotatable bonds is 5. The van der Waals surface area contributed by atoms with Gasteiger partial charge in [0.15, 0.2) is 0 Å². The summed E-state index contributed by atoms with van der Waals surface area (Å²) in [4.78, 5) is 1.35. The van der Waals surface area contributed by atoms with E-state index in [9.17, 15) is 0 Å². The smallest absolute Gasteiger partial charge is 0.0517 e. The molecular formula is C15H18BrNS2. The Kier molecular flexibility index (Phi) is 5.51. The average molecular weight is 356 g/mol. The number of nitrogens with two attached hydrogens (primary N) is 1. The maximum atomic E-state index is 5.91. The standard InChI is InChI=1S/C15H18BrNS2/c1-10-3-11(2)5-12(4-10)8-18-15(7-17)14-6-13(16)9-19-14/h3-6,9,15H,7-8,17H2,1-2H3. The minimum absolute atomic E-state index is 0.386. The van der Waals surface area contributed by atoms with E-state index in [1.807, 2.05) is 11.8 Å². The van der Waals surface area contributed by atoms with Crippen LogP contribution in [0.5, 0.6) is 0 Å². The highest BCUT2D eigenvalue weighted by Crippen LogP contribution is 2.35. The quantitative estimate of drug-likeness (QED) is 0.810. The van der Waals surface area contributed by atoms with Gasteiger partial charge in [-0.1, -0.05) is 29.3 Å². The van der Waals surface area contributed by atoms with Crippen LogP contribution in [0.15, 0.2) is 34.1 Å². The molecule has 102 valence electrons. The van der Waals surface area contributed by atoms with E-state index in [-0.39, 0.29) is 0 Å². The van der Waals surface area contributed by atoms with Gasteiger partial charge in [0.25, 0.3) is 0 Å². The molecule has 1 aromatic carbocycles. The van der Waals surface area contributed by atoms with Crippen LogP contribution in [0.25, 0.3) is 0 Å². The highest BCUT2D eigenvalue weighted by molar-refractivity contribution is 9.10. The first-order valence-electron chi connectivity index (χ1n) is 6.21. The van der Waals surface area contributed by atoms with Gasteiger partial charge < -0.3 is 5.73 Å². The number of hydrogen-bond donors (Lipinski definition) is 1. The van der Waals surface area contributed by atoms with Crippen LogP contribution < -0.4 is 5.73 Å². The second-order valence-electron chi connectivity index (χ2n) is 4.70. The first-order valence-corrected chi connectivity index (χ1v) is 8.93. The normalized spacial score (nSPS) is 12.6. The van der Waals surface area contributed by atoms with Gasteiger partial charge in [-0.15, -0.1) is 23.1 Å². The first-order chi connectivity index (χ1) is 9.08. The fraction of sp³-hybridized carbons (Fsp3) is 0.333. The number of benzene rings is 1. The third-order valence-electron chi connectivity index (χ3n) is 2.85. The second-order valence-corrected chi connectivity index (χ2v) is 7.75. The minimum Gasteiger partial charge on any atom is -0.329 e. The van der Waals surface area contributed by atoms with Crippen LogP contribution in [0.1, 0.15) is 26.8 Å². The molecule has 0 radical (unpaired) electrons. The molecule has 2 N–H and O–H groups in total. The monoisotopic (exact) mass is 355 g/mol. The molecular weight excluding hydrogens is 338 g/mol. The first kappa shape index (κ1) is 15.1. The van der Waals surface area contributed by atoms with Gasteiger partial charge in [-0.2, -0.15) is 0 Å². The molecule has 19 heavy (non-hydrogen) atoms. The number of halogens is 1. The van der Waals surface area contributed by atoms with Crippen molar-refractivity contribution in [2.75, 3.05) is 6.54 Å². The molecule has 1 heterocycles. The number of thioether (sulfide) groups is 1. The molecule has 0 saturated heterocycles. The Morgan fingerprint density at radius 2 is 1.89 bits per heavy atom. The zero-order valence-electron chi connectivity index (χ0n) is 11.2. The van der Waals surface area contributed by atoms with Crippen LogP contribution in [-0.4, -0.2) is 6.54 Å². The molecule has 0 aliphatic rings. The van der Waals surface area contributed by atoms with Crippen molar-refractivity contribution in [2.45, 2.75) is 24.9 Å². The zero-order valence-corrected chi connectivity index (χ0v) is 14.4. The lowest BCUT2D eigenvalue weighted by atomic mass is 10.1. The van der Waals surface area contributed by atoms with E-state index >= 15 is 0 Å². The van der Waals surface area contributed by atoms with Crippen LogP contribution in [0.3, 0.4) is 0 Å². The van der Waals surface area contributed by atoms with Crippen molar-refractivity contribution < 1.29 is 0 Å². The lowest BCUT2D eigenvalue weighted by Crippen LogP contribution is -2.08. The number of hydrogen-bond acceptors (Lipinski definition) is 3. The fourth-order valence-corrected chi connectivity index (χ4v) is 4.85. The highest BCUT2D eigenvalue weighted by Gasteiger charge is 2.12. The molecule has 0 aliphatic carbocycles. The molecule has 0 amide bonds. The van der Waals surface area contributed by atoms with Crippen molar-refractivity contribution in [3.63, 3.8) is 0 Å². The Morgan fingerprint density at radius 1 is 1.21 bits per heavy atom. The Balaban J connectivity index is 2.03. The van der Waals surface area contributed by atoms with E-state index in [0.717, 1.165) is 10.2 Å². The van der Waals surface area contributed by atoms with Crippen molar-refractivity contribution in [1.82, 2.24) is 0 Å². The predicted molar refractivity (Wildman–Crippen MR) is 91.0 cm³/mol. The average Bonchev–Trinajstić information content (AvgIpc) is 2.75. The van der Waals surface area contributed by atoms with Gasteiger partial charge in [-0.05, 0) is 41.4 Å². The number of aryl methyl sites for hydroxylation is 2. The van der Waals surface area contributed by atoms with Crippen LogP contribution in [-0.2, 0) is 5.75 Å². The van der Waals surface area contributed by atoms with Gasteiger partial charge in [0, 0.05) is 27.0 Å². The Labute approximate surface area is 131 Å². The van der Waals surface area contributed by atoms with Gasteiger partial charge in [0.2, 0.25) is 0 Å². The molecule has 1 unspecified atom stereocenters. The summed E-state index contributed by atoms with van der Waals surface area (Å²) >= 11 is 7.20. The molecule has 0 spiro atoms. The van der Waals surface area contributed by atoms with E-state index < -0.39 is 0 Å². The van der Waals surface area contributed by atoms with Gasteiger partial charge in [0.05, 0.1) is 5.25 Å². The Bertz CT molecular complexity index is 531. The SMILES string of the molecule is Cc1cc(C)cc(CSC(CN)c2cc(Br)cs2)c1. The summed E-state index contributed by atoms with van der Waals surface area (Å²) in [6, 6.07) is 8.91. The van der Waals surface area contributed by atoms with Gasteiger partial charge in [0.1, 0.15) is 0 Å². The van der Waals surface area contributed by atoms with E-state index in [1.165, 1.54) is 21.6 Å². The third kappa shape index (κ3) is 4.35. The summed E-state index contributed by atoms with van der Waals surface area (Å²) in [5.74, 6) is 1.01. The minimum atomic E-state index is 0.386. The van der Waals surface area contributed by atoms with E-state index in [2.05, 4.69) is 59.4 Å². The summed E-state index contributed by atoms with van der Waals surface area (Å²) in [5.41, 5.74) is 9.96. The molecule has 0 aliphatic heterocycles. The van der Waals surface area contributed by atoms with Crippen molar-refractivity contribution >= 4 is 39.0 Å². The third-order valence-corrected chi connectivity index (χ3v) is 6.16. The van der Waals surface area contributed by atoms with Crippen molar-refractivity contribution in [3.05, 3.63) is 55.7 Å². The van der Waals surface area contributed by atoms with Gasteiger partial charge in [-0.3, -0.25) is 0 Å². The zero-order chi connectivity index (χ0) is 13.8. The highest BCUT2D eigenvalue weighted by atomic mass is 79.9. The summed E-state index contributed by atoms with van der Waals surface area (Å²) in [6.07, 6.45) is 0. The lowest BCUT2D eigenvalue weighted by molar-refractivity contribution is 0.959. The van der Waals surface area contributed by atoms with Gasteiger partial charge >= 0.3 is 0 Å². The molecule has 2 rings (SSSR count). The van der Waals surface area contributed by atoms with E-state index in [4.69, 9.17) is 5.73 Å². The van der Waals surface area contributed by atoms with Crippen LogP contribution >= 0.6 is 39.0 Å². The summed E-state index contributed by atoms with van der Waals surface area (Å²) in [5, 5.41) is 2.51. The lowest BCUT2D eigenvalue weighted by Gasteiger charge is -2.13.